The van der Waals surface area contributed by atoms with Gasteiger partial charge in [-0.05, 0) is 29.3 Å². The Balaban J connectivity index is 2.17. The first-order chi connectivity index (χ1) is 13.1. The number of rotatable bonds is 5. The zero-order valence-corrected chi connectivity index (χ0v) is 15.4. The molecule has 0 aliphatic carbocycles. The van der Waals surface area contributed by atoms with Crippen LogP contribution in [0.4, 0.5) is 17.6 Å². The Morgan fingerprint density at radius 1 is 1.25 bits per heavy atom. The largest absolute Gasteiger partial charge is 0.505 e. The Morgan fingerprint density at radius 2 is 1.96 bits per heavy atom. The van der Waals surface area contributed by atoms with E-state index >= 15 is 0 Å². The summed E-state index contributed by atoms with van der Waals surface area (Å²) in [6.07, 6.45) is -4.94. The van der Waals surface area contributed by atoms with Crippen LogP contribution < -0.4 is 0 Å². The summed E-state index contributed by atoms with van der Waals surface area (Å²) in [5.41, 5.74) is 0.481. The predicted octanol–water partition coefficient (Wildman–Crippen LogP) is 5.16. The average molecular weight is 415 g/mol. The molecule has 1 heterocycles. The molecular formula is C19H15ClF4N2O2. The van der Waals surface area contributed by atoms with Crippen molar-refractivity contribution in [2.45, 2.75) is 26.1 Å². The van der Waals surface area contributed by atoms with Crippen LogP contribution >= 0.6 is 11.6 Å². The molecule has 0 spiro atoms. The number of fused-ring (bicyclic) bond motifs is 1. The van der Waals surface area contributed by atoms with Crippen LogP contribution in [-0.4, -0.2) is 20.9 Å². The number of hydrogen-bond acceptors (Lipinski definition) is 2. The van der Waals surface area contributed by atoms with E-state index in [9.17, 15) is 22.4 Å². The summed E-state index contributed by atoms with van der Waals surface area (Å²) >= 11 is 5.75. The van der Waals surface area contributed by atoms with E-state index in [1.165, 1.54) is 31.2 Å². The summed E-state index contributed by atoms with van der Waals surface area (Å²) in [4.78, 5) is 11.2. The molecule has 1 unspecified atom stereocenters. The summed E-state index contributed by atoms with van der Waals surface area (Å²) in [5.74, 6) is -2.65. The first-order valence-electron chi connectivity index (χ1n) is 8.31. The van der Waals surface area contributed by atoms with E-state index in [1.807, 2.05) is 0 Å². The number of hydrogen-bond donors (Lipinski definition) is 1. The van der Waals surface area contributed by atoms with E-state index in [4.69, 9.17) is 16.7 Å². The lowest BCUT2D eigenvalue weighted by Gasteiger charge is -2.09. The number of aromatic nitrogens is 2. The van der Waals surface area contributed by atoms with Crippen LogP contribution in [0.3, 0.4) is 0 Å². The van der Waals surface area contributed by atoms with Crippen LogP contribution in [0.15, 0.2) is 36.4 Å². The second-order valence-corrected chi connectivity index (χ2v) is 6.93. The van der Waals surface area contributed by atoms with Gasteiger partial charge in [0.1, 0.15) is 5.82 Å². The third-order valence-electron chi connectivity index (χ3n) is 4.42. The lowest BCUT2D eigenvalue weighted by molar-refractivity contribution is -0.209. The molecule has 28 heavy (non-hydrogen) atoms. The Bertz CT molecular complexity index is 1050. The minimum Gasteiger partial charge on any atom is -0.481 e. The van der Waals surface area contributed by atoms with Gasteiger partial charge in [-0.1, -0.05) is 36.7 Å². The SMILES string of the molecule is CC(Cc1nn(C(F)(F)F)c2cccc(Cc3ccc(Cl)cc3F)c12)C(=O)O. The van der Waals surface area contributed by atoms with Crippen molar-refractivity contribution in [3.8, 4) is 0 Å². The van der Waals surface area contributed by atoms with Gasteiger partial charge in [-0.3, -0.25) is 4.79 Å². The molecule has 2 aromatic carbocycles. The molecule has 0 bridgehead atoms. The number of alkyl halides is 3. The number of nitrogens with zero attached hydrogens (tertiary/aromatic N) is 2. The molecule has 9 heteroatoms. The van der Waals surface area contributed by atoms with E-state index in [0.717, 1.165) is 6.07 Å². The molecule has 0 aliphatic heterocycles. The van der Waals surface area contributed by atoms with Gasteiger partial charge in [-0.15, -0.1) is 13.2 Å². The van der Waals surface area contributed by atoms with E-state index in [-0.39, 0.29) is 44.7 Å². The van der Waals surface area contributed by atoms with Crippen molar-refractivity contribution >= 4 is 28.5 Å². The van der Waals surface area contributed by atoms with Gasteiger partial charge in [0.05, 0.1) is 17.1 Å². The fourth-order valence-corrected chi connectivity index (χ4v) is 3.21. The predicted molar refractivity (Wildman–Crippen MR) is 95.8 cm³/mol. The van der Waals surface area contributed by atoms with Crippen molar-refractivity contribution in [2.75, 3.05) is 0 Å². The Kier molecular flexibility index (Phi) is 5.34. The molecule has 0 radical (unpaired) electrons. The van der Waals surface area contributed by atoms with Crippen LogP contribution in [-0.2, 0) is 23.9 Å². The topological polar surface area (TPSA) is 55.1 Å². The van der Waals surface area contributed by atoms with Gasteiger partial charge < -0.3 is 5.11 Å². The summed E-state index contributed by atoms with van der Waals surface area (Å²) in [7, 11) is 0. The highest BCUT2D eigenvalue weighted by molar-refractivity contribution is 6.30. The number of carbonyl (C=O) groups is 1. The Hall–Kier alpha value is -2.61. The average Bonchev–Trinajstić information content (AvgIpc) is 2.97. The van der Waals surface area contributed by atoms with Crippen molar-refractivity contribution in [3.05, 3.63) is 64.1 Å². The second-order valence-electron chi connectivity index (χ2n) is 6.49. The summed E-state index contributed by atoms with van der Waals surface area (Å²) in [6, 6.07) is 8.35. The molecule has 3 aromatic rings. The van der Waals surface area contributed by atoms with Gasteiger partial charge >= 0.3 is 12.3 Å². The van der Waals surface area contributed by atoms with Crippen LogP contribution in [0.25, 0.3) is 10.9 Å². The van der Waals surface area contributed by atoms with E-state index in [1.54, 1.807) is 6.07 Å². The number of carboxylic acid groups (broad SMARTS) is 1. The smallest absolute Gasteiger partial charge is 0.481 e. The third kappa shape index (κ3) is 3.96. The monoisotopic (exact) mass is 414 g/mol. The molecule has 1 atom stereocenters. The number of carboxylic acids is 1. The second kappa shape index (κ2) is 7.43. The van der Waals surface area contributed by atoms with Crippen molar-refractivity contribution in [1.82, 2.24) is 9.78 Å². The van der Waals surface area contributed by atoms with E-state index in [0.29, 0.717) is 5.56 Å². The van der Waals surface area contributed by atoms with Gasteiger partial charge in [0, 0.05) is 23.3 Å². The Morgan fingerprint density at radius 3 is 2.57 bits per heavy atom. The van der Waals surface area contributed by atoms with Crippen molar-refractivity contribution in [3.63, 3.8) is 0 Å². The van der Waals surface area contributed by atoms with E-state index in [2.05, 4.69) is 5.10 Å². The van der Waals surface area contributed by atoms with Crippen LogP contribution in [0, 0.1) is 11.7 Å². The molecule has 4 nitrogen and oxygen atoms in total. The zero-order chi connectivity index (χ0) is 20.6. The fraction of sp³-hybridized carbons (Fsp3) is 0.263. The van der Waals surface area contributed by atoms with Gasteiger partial charge in [-0.2, -0.15) is 9.78 Å². The van der Waals surface area contributed by atoms with Crippen molar-refractivity contribution in [1.29, 1.82) is 0 Å². The standard InChI is InChI=1S/C19H15ClF4N2O2/c1-10(18(27)28)7-15-17-12(8-11-5-6-13(20)9-14(11)21)3-2-4-16(17)26(25-15)19(22,23)24/h2-6,9-10H,7-8H2,1H3,(H,27,28). The number of halogens is 5. The highest BCUT2D eigenvalue weighted by Gasteiger charge is 2.35. The lowest BCUT2D eigenvalue weighted by atomic mass is 9.96. The summed E-state index contributed by atoms with van der Waals surface area (Å²) in [5, 5.41) is 13.2. The van der Waals surface area contributed by atoms with Crippen LogP contribution in [0.5, 0.6) is 0 Å². The molecule has 1 aromatic heterocycles. The van der Waals surface area contributed by atoms with Gasteiger partial charge in [0.25, 0.3) is 0 Å². The van der Waals surface area contributed by atoms with Gasteiger partial charge in [-0.25, -0.2) is 4.39 Å². The number of aliphatic carboxylic acids is 1. The first kappa shape index (κ1) is 20.1. The number of benzene rings is 2. The fourth-order valence-electron chi connectivity index (χ4n) is 3.05. The molecule has 0 amide bonds. The lowest BCUT2D eigenvalue weighted by Crippen LogP contribution is -2.19. The first-order valence-corrected chi connectivity index (χ1v) is 8.69. The van der Waals surface area contributed by atoms with Crippen molar-refractivity contribution < 1.29 is 27.5 Å². The maximum Gasteiger partial charge on any atom is 0.505 e. The molecule has 3 rings (SSSR count). The van der Waals surface area contributed by atoms with E-state index < -0.39 is 24.0 Å². The minimum absolute atomic E-state index is 0.00666. The molecule has 0 fully saturated rings. The van der Waals surface area contributed by atoms with Crippen LogP contribution in [0.2, 0.25) is 5.02 Å². The third-order valence-corrected chi connectivity index (χ3v) is 4.66. The zero-order valence-electron chi connectivity index (χ0n) is 14.6. The van der Waals surface area contributed by atoms with Gasteiger partial charge in [0.15, 0.2) is 0 Å². The molecule has 0 saturated carbocycles. The minimum atomic E-state index is -4.77. The normalized spacial score (nSPS) is 13.1. The van der Waals surface area contributed by atoms with Crippen LogP contribution in [0.1, 0.15) is 23.7 Å². The molecular weight excluding hydrogens is 400 g/mol. The molecule has 1 N–H and O–H groups in total. The maximum absolute atomic E-state index is 14.2. The van der Waals surface area contributed by atoms with Crippen molar-refractivity contribution in [2.24, 2.45) is 5.92 Å². The highest BCUT2D eigenvalue weighted by Crippen LogP contribution is 2.33. The molecule has 0 aliphatic rings. The molecule has 0 saturated heterocycles. The summed E-state index contributed by atoms with van der Waals surface area (Å²) in [6.45, 7) is 1.39. The maximum atomic E-state index is 14.2. The summed E-state index contributed by atoms with van der Waals surface area (Å²) < 4.78 is 54.3. The molecule has 148 valence electrons. The quantitative estimate of drug-likeness (QED) is 0.587. The Labute approximate surface area is 162 Å². The highest BCUT2D eigenvalue weighted by atomic mass is 35.5. The van der Waals surface area contributed by atoms with Gasteiger partial charge in [0.2, 0.25) is 0 Å².